The molecule has 0 atom stereocenters. The van der Waals surface area contributed by atoms with E-state index in [1.807, 2.05) is 0 Å². The van der Waals surface area contributed by atoms with E-state index in [1.54, 1.807) is 0 Å². The van der Waals surface area contributed by atoms with Crippen LogP contribution in [0.25, 0.3) is 0 Å². The number of amides is 1. The summed E-state index contributed by atoms with van der Waals surface area (Å²) in [7, 11) is 0. The number of hydrogen-bond acceptors (Lipinski definition) is 1. The van der Waals surface area contributed by atoms with Crippen LogP contribution in [0.1, 0.15) is 64.7 Å². The highest BCUT2D eigenvalue weighted by Crippen LogP contribution is 2.09. The van der Waals surface area contributed by atoms with Crippen molar-refractivity contribution in [3.63, 3.8) is 0 Å². The minimum absolute atomic E-state index is 0.0544. The van der Waals surface area contributed by atoms with Crippen LogP contribution in [-0.2, 0) is 4.79 Å². The first-order valence-corrected chi connectivity index (χ1v) is 7.17. The fraction of sp³-hybridized carbons (Fsp3) is 0.923. The number of halogens is 1. The van der Waals surface area contributed by atoms with E-state index < -0.39 is 0 Å². The highest BCUT2D eigenvalue weighted by atomic mass is 35.5. The summed E-state index contributed by atoms with van der Waals surface area (Å²) in [5, 5.41) is 2.78. The monoisotopic (exact) mass is 247 g/mol. The smallest absolute Gasteiger partial charge is 0.234 e. The number of carbonyl (C=O) groups is 1. The van der Waals surface area contributed by atoms with Gasteiger partial charge in [0.25, 0.3) is 0 Å². The van der Waals surface area contributed by atoms with Crippen LogP contribution in [0.4, 0.5) is 0 Å². The molecular formula is C13H26ClNO. The summed E-state index contributed by atoms with van der Waals surface area (Å²) >= 11 is 5.36. The number of unbranched alkanes of at least 4 members (excludes halogenated alkanes) is 8. The number of rotatable bonds is 11. The van der Waals surface area contributed by atoms with E-state index in [-0.39, 0.29) is 11.8 Å². The molecule has 0 saturated carbocycles. The first kappa shape index (κ1) is 15.8. The molecule has 1 amide bonds. The van der Waals surface area contributed by atoms with E-state index >= 15 is 0 Å². The van der Waals surface area contributed by atoms with Gasteiger partial charge in [0.2, 0.25) is 5.91 Å². The molecule has 0 saturated heterocycles. The zero-order valence-electron chi connectivity index (χ0n) is 10.6. The molecule has 0 aliphatic heterocycles. The van der Waals surface area contributed by atoms with Gasteiger partial charge in [0.1, 0.15) is 5.88 Å². The van der Waals surface area contributed by atoms with Crippen molar-refractivity contribution in [1.82, 2.24) is 5.32 Å². The van der Waals surface area contributed by atoms with E-state index in [0.29, 0.717) is 0 Å². The molecule has 96 valence electrons. The first-order valence-electron chi connectivity index (χ1n) is 6.64. The maximum Gasteiger partial charge on any atom is 0.234 e. The van der Waals surface area contributed by atoms with Crippen molar-refractivity contribution in [2.24, 2.45) is 0 Å². The van der Waals surface area contributed by atoms with E-state index in [1.165, 1.54) is 51.4 Å². The second-order valence-electron chi connectivity index (χ2n) is 4.31. The summed E-state index contributed by atoms with van der Waals surface area (Å²) < 4.78 is 0. The van der Waals surface area contributed by atoms with Crippen molar-refractivity contribution >= 4 is 17.5 Å². The maximum absolute atomic E-state index is 10.8. The van der Waals surface area contributed by atoms with Crippen LogP contribution in [0.2, 0.25) is 0 Å². The Morgan fingerprint density at radius 1 is 0.938 bits per heavy atom. The van der Waals surface area contributed by atoms with Gasteiger partial charge in [-0.25, -0.2) is 0 Å². The van der Waals surface area contributed by atoms with Crippen LogP contribution >= 0.6 is 11.6 Å². The third-order valence-electron chi connectivity index (χ3n) is 2.72. The molecule has 2 nitrogen and oxygen atoms in total. The van der Waals surface area contributed by atoms with E-state index in [2.05, 4.69) is 12.2 Å². The molecule has 0 bridgehead atoms. The van der Waals surface area contributed by atoms with E-state index in [9.17, 15) is 4.79 Å². The van der Waals surface area contributed by atoms with Crippen LogP contribution < -0.4 is 5.32 Å². The van der Waals surface area contributed by atoms with E-state index in [4.69, 9.17) is 11.6 Å². The average Bonchev–Trinajstić information content (AvgIpc) is 2.31. The molecule has 0 aromatic carbocycles. The largest absolute Gasteiger partial charge is 0.355 e. The maximum atomic E-state index is 10.8. The van der Waals surface area contributed by atoms with Crippen LogP contribution in [-0.4, -0.2) is 18.3 Å². The van der Waals surface area contributed by atoms with Crippen LogP contribution in [0.15, 0.2) is 0 Å². The number of hydrogen-bond donors (Lipinski definition) is 1. The van der Waals surface area contributed by atoms with Gasteiger partial charge in [-0.15, -0.1) is 11.6 Å². The Morgan fingerprint density at radius 3 is 1.94 bits per heavy atom. The van der Waals surface area contributed by atoms with Crippen LogP contribution in [0, 0.1) is 0 Å². The molecule has 0 fully saturated rings. The Balaban J connectivity index is 2.96. The predicted molar refractivity (Wildman–Crippen MR) is 71.0 cm³/mol. The topological polar surface area (TPSA) is 29.1 Å². The van der Waals surface area contributed by atoms with Crippen molar-refractivity contribution < 1.29 is 4.79 Å². The zero-order valence-corrected chi connectivity index (χ0v) is 11.3. The van der Waals surface area contributed by atoms with Gasteiger partial charge in [-0.1, -0.05) is 58.3 Å². The summed E-state index contributed by atoms with van der Waals surface area (Å²) in [4.78, 5) is 10.8. The minimum atomic E-state index is -0.0544. The second kappa shape index (κ2) is 12.8. The van der Waals surface area contributed by atoms with Gasteiger partial charge in [-0.2, -0.15) is 0 Å². The van der Waals surface area contributed by atoms with Gasteiger partial charge < -0.3 is 5.32 Å². The molecule has 0 aromatic rings. The van der Waals surface area contributed by atoms with Gasteiger partial charge in [-0.05, 0) is 6.42 Å². The Hall–Kier alpha value is -0.240. The number of nitrogens with one attached hydrogen (secondary N) is 1. The molecule has 1 N–H and O–H groups in total. The molecule has 0 aromatic heterocycles. The standard InChI is InChI=1S/C13H26ClNO/c1-2-3-4-5-6-7-8-9-10-11-15-13(16)12-14/h2-12H2,1H3,(H,15,16). The van der Waals surface area contributed by atoms with E-state index in [0.717, 1.165) is 13.0 Å². The first-order chi connectivity index (χ1) is 7.81. The van der Waals surface area contributed by atoms with Crippen molar-refractivity contribution in [2.45, 2.75) is 64.7 Å². The third-order valence-corrected chi connectivity index (χ3v) is 2.97. The molecule has 0 aliphatic carbocycles. The highest BCUT2D eigenvalue weighted by molar-refractivity contribution is 6.27. The lowest BCUT2D eigenvalue weighted by molar-refractivity contribution is -0.118. The SMILES string of the molecule is CCCCCCCCCCCNC(=O)CCl. The Kier molecular flexibility index (Phi) is 12.6. The summed E-state index contributed by atoms with van der Waals surface area (Å²) in [5.74, 6) is 0.0264. The molecule has 3 heteroatoms. The third kappa shape index (κ3) is 11.8. The second-order valence-corrected chi connectivity index (χ2v) is 4.58. The normalized spacial score (nSPS) is 10.4. The van der Waals surface area contributed by atoms with Gasteiger partial charge >= 0.3 is 0 Å². The lowest BCUT2D eigenvalue weighted by atomic mass is 10.1. The van der Waals surface area contributed by atoms with Gasteiger partial charge in [0.15, 0.2) is 0 Å². The van der Waals surface area contributed by atoms with Crippen molar-refractivity contribution in [2.75, 3.05) is 12.4 Å². The van der Waals surface area contributed by atoms with Crippen LogP contribution in [0.5, 0.6) is 0 Å². The molecule has 0 rings (SSSR count). The van der Waals surface area contributed by atoms with Crippen molar-refractivity contribution in [3.05, 3.63) is 0 Å². The van der Waals surface area contributed by atoms with Gasteiger partial charge in [0.05, 0.1) is 0 Å². The Labute approximate surface area is 105 Å². The summed E-state index contributed by atoms with van der Waals surface area (Å²) in [5.41, 5.74) is 0. The zero-order chi connectivity index (χ0) is 12.1. The summed E-state index contributed by atoms with van der Waals surface area (Å²) in [6.45, 7) is 3.02. The summed E-state index contributed by atoms with van der Waals surface area (Å²) in [6.07, 6.45) is 11.8. The lowest BCUT2D eigenvalue weighted by Gasteiger charge is -2.03. The minimum Gasteiger partial charge on any atom is -0.355 e. The molecular weight excluding hydrogens is 222 g/mol. The number of carbonyl (C=O) groups excluding carboxylic acids is 1. The lowest BCUT2D eigenvalue weighted by Crippen LogP contribution is -2.25. The fourth-order valence-electron chi connectivity index (χ4n) is 1.71. The van der Waals surface area contributed by atoms with Crippen LogP contribution in [0.3, 0.4) is 0 Å². The molecule has 0 heterocycles. The number of alkyl halides is 1. The molecule has 16 heavy (non-hydrogen) atoms. The molecule has 0 spiro atoms. The molecule has 0 radical (unpaired) electrons. The van der Waals surface area contributed by atoms with Gasteiger partial charge in [-0.3, -0.25) is 4.79 Å². The van der Waals surface area contributed by atoms with Gasteiger partial charge in [0, 0.05) is 6.54 Å². The fourth-order valence-corrected chi connectivity index (χ4v) is 1.81. The quantitative estimate of drug-likeness (QED) is 0.436. The Bertz CT molecular complexity index is 162. The predicted octanol–water partition coefficient (Wildman–Crippen LogP) is 3.87. The van der Waals surface area contributed by atoms with Crippen molar-refractivity contribution in [3.8, 4) is 0 Å². The summed E-state index contributed by atoms with van der Waals surface area (Å²) in [6, 6.07) is 0. The van der Waals surface area contributed by atoms with Crippen molar-refractivity contribution in [1.29, 1.82) is 0 Å². The Morgan fingerprint density at radius 2 is 1.44 bits per heavy atom. The average molecular weight is 248 g/mol. The molecule has 0 aliphatic rings. The molecule has 0 unspecified atom stereocenters. The highest BCUT2D eigenvalue weighted by Gasteiger charge is 1.96.